The van der Waals surface area contributed by atoms with Gasteiger partial charge in [-0.15, -0.1) is 0 Å². The van der Waals surface area contributed by atoms with Crippen LogP contribution in [0.4, 0.5) is 10.1 Å². The Morgan fingerprint density at radius 3 is 2.28 bits per heavy atom. The maximum absolute atomic E-state index is 12.9. The van der Waals surface area contributed by atoms with E-state index in [-0.39, 0.29) is 11.9 Å². The lowest BCUT2D eigenvalue weighted by Gasteiger charge is -2.25. The first-order valence-electron chi connectivity index (χ1n) is 8.37. The number of carbonyl (C=O) groups is 2. The number of aryl methyl sites for hydroxylation is 1. The summed E-state index contributed by atoms with van der Waals surface area (Å²) in [6.07, 6.45) is 3.92. The number of benzene rings is 2. The smallest absolute Gasteiger partial charge is 0.211 e. The molecule has 2 aromatic carbocycles. The van der Waals surface area contributed by atoms with E-state index in [1.54, 1.807) is 17.0 Å². The summed E-state index contributed by atoms with van der Waals surface area (Å²) in [6, 6.07) is 14.1. The predicted molar refractivity (Wildman–Crippen MR) is 96.8 cm³/mol. The van der Waals surface area contributed by atoms with Crippen molar-refractivity contribution in [1.82, 2.24) is 4.90 Å². The van der Waals surface area contributed by atoms with Gasteiger partial charge in [0, 0.05) is 18.3 Å². The SMILES string of the molecule is CC(Cc1ccc(NC=O)cc1)N(C=O)CCCc1ccc(F)cc1. The highest BCUT2D eigenvalue weighted by Gasteiger charge is 2.12. The van der Waals surface area contributed by atoms with E-state index in [1.165, 1.54) is 12.1 Å². The van der Waals surface area contributed by atoms with E-state index in [1.807, 2.05) is 31.2 Å². The zero-order valence-electron chi connectivity index (χ0n) is 14.3. The molecular weight excluding hydrogens is 319 g/mol. The van der Waals surface area contributed by atoms with Crippen LogP contribution in [0.25, 0.3) is 0 Å². The molecule has 2 aromatic rings. The Bertz CT molecular complexity index is 671. The number of rotatable bonds is 10. The van der Waals surface area contributed by atoms with Gasteiger partial charge in [0.15, 0.2) is 0 Å². The molecule has 0 saturated carbocycles. The molecule has 0 aliphatic rings. The largest absolute Gasteiger partial charge is 0.342 e. The fraction of sp³-hybridized carbons (Fsp3) is 0.300. The number of carbonyl (C=O) groups excluding carboxylic acids is 2. The van der Waals surface area contributed by atoms with E-state index in [0.29, 0.717) is 13.0 Å². The van der Waals surface area contributed by atoms with Crippen LogP contribution in [0.15, 0.2) is 48.5 Å². The summed E-state index contributed by atoms with van der Waals surface area (Å²) in [5.74, 6) is -0.235. The van der Waals surface area contributed by atoms with Crippen molar-refractivity contribution in [3.8, 4) is 0 Å². The minimum atomic E-state index is -0.235. The summed E-state index contributed by atoms with van der Waals surface area (Å²) >= 11 is 0. The molecular formula is C20H23FN2O2. The maximum atomic E-state index is 12.9. The van der Waals surface area contributed by atoms with E-state index >= 15 is 0 Å². The van der Waals surface area contributed by atoms with Gasteiger partial charge < -0.3 is 10.2 Å². The van der Waals surface area contributed by atoms with Crippen molar-refractivity contribution >= 4 is 18.5 Å². The molecule has 2 rings (SSSR count). The van der Waals surface area contributed by atoms with E-state index < -0.39 is 0 Å². The topological polar surface area (TPSA) is 49.4 Å². The Balaban J connectivity index is 1.83. The van der Waals surface area contributed by atoms with Gasteiger partial charge in [-0.2, -0.15) is 0 Å². The lowest BCUT2D eigenvalue weighted by Crippen LogP contribution is -2.34. The van der Waals surface area contributed by atoms with Crippen LogP contribution in [-0.4, -0.2) is 30.3 Å². The second-order valence-electron chi connectivity index (χ2n) is 6.09. The van der Waals surface area contributed by atoms with Gasteiger partial charge in [0.25, 0.3) is 0 Å². The Labute approximate surface area is 147 Å². The fourth-order valence-corrected chi connectivity index (χ4v) is 2.76. The van der Waals surface area contributed by atoms with Gasteiger partial charge in [0.1, 0.15) is 5.82 Å². The van der Waals surface area contributed by atoms with Gasteiger partial charge in [-0.3, -0.25) is 9.59 Å². The number of nitrogens with zero attached hydrogens (tertiary/aromatic N) is 1. The molecule has 0 aliphatic carbocycles. The zero-order valence-corrected chi connectivity index (χ0v) is 14.3. The van der Waals surface area contributed by atoms with Crippen LogP contribution in [0.3, 0.4) is 0 Å². The number of hydrogen-bond donors (Lipinski definition) is 1. The van der Waals surface area contributed by atoms with Crippen molar-refractivity contribution in [2.24, 2.45) is 0 Å². The van der Waals surface area contributed by atoms with E-state index in [4.69, 9.17) is 0 Å². The molecule has 0 saturated heterocycles. The minimum Gasteiger partial charge on any atom is -0.342 e. The minimum absolute atomic E-state index is 0.0793. The molecule has 1 unspecified atom stereocenters. The molecule has 0 bridgehead atoms. The highest BCUT2D eigenvalue weighted by Crippen LogP contribution is 2.13. The molecule has 2 amide bonds. The van der Waals surface area contributed by atoms with Crippen molar-refractivity contribution < 1.29 is 14.0 Å². The quantitative estimate of drug-likeness (QED) is 0.673. The van der Waals surface area contributed by atoms with Gasteiger partial charge >= 0.3 is 0 Å². The van der Waals surface area contributed by atoms with E-state index in [9.17, 15) is 14.0 Å². The van der Waals surface area contributed by atoms with Crippen molar-refractivity contribution in [1.29, 1.82) is 0 Å². The lowest BCUT2D eigenvalue weighted by molar-refractivity contribution is -0.120. The highest BCUT2D eigenvalue weighted by atomic mass is 19.1. The number of anilines is 1. The molecule has 0 aliphatic heterocycles. The second kappa shape index (κ2) is 9.57. The highest BCUT2D eigenvalue weighted by molar-refractivity contribution is 5.71. The molecule has 4 nitrogen and oxygen atoms in total. The number of hydrogen-bond acceptors (Lipinski definition) is 2. The van der Waals surface area contributed by atoms with Crippen LogP contribution < -0.4 is 5.32 Å². The van der Waals surface area contributed by atoms with Crippen LogP contribution >= 0.6 is 0 Å². The summed E-state index contributed by atoms with van der Waals surface area (Å²) in [6.45, 7) is 2.68. The molecule has 0 heterocycles. The first-order chi connectivity index (χ1) is 12.1. The number of nitrogens with one attached hydrogen (secondary N) is 1. The molecule has 5 heteroatoms. The normalized spacial score (nSPS) is 11.6. The molecule has 1 N–H and O–H groups in total. The van der Waals surface area contributed by atoms with Crippen molar-refractivity contribution in [2.45, 2.75) is 32.2 Å². The van der Waals surface area contributed by atoms with E-state index in [0.717, 1.165) is 42.5 Å². The summed E-state index contributed by atoms with van der Waals surface area (Å²) < 4.78 is 12.9. The summed E-state index contributed by atoms with van der Waals surface area (Å²) in [5, 5.41) is 2.60. The Morgan fingerprint density at radius 1 is 1.04 bits per heavy atom. The predicted octanol–water partition coefficient (Wildman–Crippen LogP) is 3.42. The van der Waals surface area contributed by atoms with Crippen molar-refractivity contribution in [3.05, 3.63) is 65.5 Å². The third-order valence-corrected chi connectivity index (χ3v) is 4.21. The van der Waals surface area contributed by atoms with Gasteiger partial charge in [-0.05, 0) is 61.6 Å². The third-order valence-electron chi connectivity index (χ3n) is 4.21. The van der Waals surface area contributed by atoms with Crippen LogP contribution in [-0.2, 0) is 22.4 Å². The average molecular weight is 342 g/mol. The monoisotopic (exact) mass is 342 g/mol. The maximum Gasteiger partial charge on any atom is 0.211 e. The molecule has 132 valence electrons. The molecule has 1 atom stereocenters. The van der Waals surface area contributed by atoms with Crippen LogP contribution in [0, 0.1) is 5.82 Å². The van der Waals surface area contributed by atoms with Gasteiger partial charge in [-0.1, -0.05) is 24.3 Å². The number of halogens is 1. The first kappa shape index (κ1) is 18.6. The first-order valence-corrected chi connectivity index (χ1v) is 8.37. The van der Waals surface area contributed by atoms with Crippen LogP contribution in [0.2, 0.25) is 0 Å². The lowest BCUT2D eigenvalue weighted by atomic mass is 10.0. The van der Waals surface area contributed by atoms with Gasteiger partial charge in [0.2, 0.25) is 12.8 Å². The van der Waals surface area contributed by atoms with Crippen molar-refractivity contribution in [3.63, 3.8) is 0 Å². The molecule has 0 aromatic heterocycles. The Morgan fingerprint density at radius 2 is 1.68 bits per heavy atom. The Hall–Kier alpha value is -2.69. The Kier molecular flexibility index (Phi) is 7.14. The van der Waals surface area contributed by atoms with Gasteiger partial charge in [-0.25, -0.2) is 4.39 Å². The average Bonchev–Trinajstić information content (AvgIpc) is 2.62. The summed E-state index contributed by atoms with van der Waals surface area (Å²) in [4.78, 5) is 23.6. The zero-order chi connectivity index (χ0) is 18.1. The number of amides is 2. The van der Waals surface area contributed by atoms with Crippen LogP contribution in [0.5, 0.6) is 0 Å². The summed E-state index contributed by atoms with van der Waals surface area (Å²) in [7, 11) is 0. The van der Waals surface area contributed by atoms with Crippen LogP contribution in [0.1, 0.15) is 24.5 Å². The van der Waals surface area contributed by atoms with Crippen molar-refractivity contribution in [2.75, 3.05) is 11.9 Å². The second-order valence-corrected chi connectivity index (χ2v) is 6.09. The van der Waals surface area contributed by atoms with E-state index in [2.05, 4.69) is 5.32 Å². The fourth-order valence-electron chi connectivity index (χ4n) is 2.76. The summed E-state index contributed by atoms with van der Waals surface area (Å²) in [5.41, 5.74) is 2.92. The standard InChI is InChI=1S/C20H23FN2O2/c1-16(13-18-6-10-20(11-7-18)22-14-24)23(15-25)12-2-3-17-4-8-19(21)9-5-17/h4-11,14-16H,2-3,12-13H2,1H3,(H,22,24). The van der Waals surface area contributed by atoms with Gasteiger partial charge in [0.05, 0.1) is 0 Å². The molecule has 0 fully saturated rings. The molecule has 25 heavy (non-hydrogen) atoms. The molecule has 0 radical (unpaired) electrons. The molecule has 0 spiro atoms. The third kappa shape index (κ3) is 6.03.